The highest BCUT2D eigenvalue weighted by Gasteiger charge is 2.08. The van der Waals surface area contributed by atoms with Crippen molar-refractivity contribution in [1.82, 2.24) is 14.8 Å². The first-order valence-corrected chi connectivity index (χ1v) is 6.73. The summed E-state index contributed by atoms with van der Waals surface area (Å²) in [6.07, 6.45) is 1.62. The quantitative estimate of drug-likeness (QED) is 0.839. The Bertz CT molecular complexity index is 521. The number of aliphatic carboxylic acids is 1. The van der Waals surface area contributed by atoms with E-state index in [4.69, 9.17) is 5.11 Å². The van der Waals surface area contributed by atoms with Gasteiger partial charge in [0.15, 0.2) is 5.16 Å². The summed E-state index contributed by atoms with van der Waals surface area (Å²) in [7, 11) is 0. The lowest BCUT2D eigenvalue weighted by molar-refractivity contribution is -0.133. The second kappa shape index (κ2) is 5.33. The molecule has 0 bridgehead atoms. The van der Waals surface area contributed by atoms with Gasteiger partial charge < -0.3 is 9.67 Å². The van der Waals surface area contributed by atoms with Gasteiger partial charge in [0.2, 0.25) is 0 Å². The van der Waals surface area contributed by atoms with Crippen LogP contribution in [0.4, 0.5) is 0 Å². The number of thiophene rings is 1. The van der Waals surface area contributed by atoms with Crippen molar-refractivity contribution in [1.29, 1.82) is 0 Å². The maximum atomic E-state index is 10.5. The molecule has 0 fully saturated rings. The summed E-state index contributed by atoms with van der Waals surface area (Å²) in [5, 5.41) is 17.0. The van der Waals surface area contributed by atoms with Gasteiger partial charge in [-0.05, 0) is 19.1 Å². The van der Waals surface area contributed by atoms with Crippen LogP contribution in [0.25, 0.3) is 0 Å². The summed E-state index contributed by atoms with van der Waals surface area (Å²) < 4.78 is 1.86. The first kappa shape index (κ1) is 12.1. The average Bonchev–Trinajstić information content (AvgIpc) is 2.86. The van der Waals surface area contributed by atoms with Gasteiger partial charge >= 0.3 is 5.97 Å². The molecule has 0 aromatic carbocycles. The molecule has 0 spiro atoms. The number of rotatable bonds is 5. The average molecular weight is 269 g/mol. The number of aromatic nitrogens is 3. The highest BCUT2D eigenvalue weighted by atomic mass is 32.2. The molecule has 0 saturated carbocycles. The van der Waals surface area contributed by atoms with Crippen LogP contribution in [-0.2, 0) is 11.3 Å². The number of carboxylic acids is 1. The van der Waals surface area contributed by atoms with E-state index in [1.807, 2.05) is 4.57 Å². The summed E-state index contributed by atoms with van der Waals surface area (Å²) in [5.41, 5.74) is 0. The molecular weight excluding hydrogens is 258 g/mol. The van der Waals surface area contributed by atoms with E-state index in [2.05, 4.69) is 29.3 Å². The second-order valence-corrected chi connectivity index (χ2v) is 5.75. The molecule has 90 valence electrons. The van der Waals surface area contributed by atoms with Crippen molar-refractivity contribution >= 4 is 29.1 Å². The topological polar surface area (TPSA) is 68.0 Å². The summed E-state index contributed by atoms with van der Waals surface area (Å²) in [6.45, 7) is 2.74. The van der Waals surface area contributed by atoms with Crippen LogP contribution < -0.4 is 0 Å². The molecule has 1 N–H and O–H groups in total. The van der Waals surface area contributed by atoms with E-state index < -0.39 is 5.97 Å². The van der Waals surface area contributed by atoms with Crippen molar-refractivity contribution in [3.63, 3.8) is 0 Å². The Balaban J connectivity index is 2.06. The Hall–Kier alpha value is -1.34. The smallest absolute Gasteiger partial charge is 0.313 e. The van der Waals surface area contributed by atoms with Gasteiger partial charge in [-0.15, -0.1) is 21.5 Å². The molecule has 0 aliphatic carbocycles. The van der Waals surface area contributed by atoms with Gasteiger partial charge in [0.05, 0.1) is 12.3 Å². The molecular formula is C10H11N3O2S2. The molecule has 0 amide bonds. The molecule has 0 saturated heterocycles. The number of carbonyl (C=O) groups is 1. The van der Waals surface area contributed by atoms with Gasteiger partial charge in [0.25, 0.3) is 0 Å². The maximum Gasteiger partial charge on any atom is 0.313 e. The number of carboxylic acid groups (broad SMARTS) is 1. The predicted molar refractivity (Wildman–Crippen MR) is 66.5 cm³/mol. The fourth-order valence-electron chi connectivity index (χ4n) is 1.33. The lowest BCUT2D eigenvalue weighted by atomic mass is 10.4. The SMILES string of the molecule is Cc1ccc(Cn2cnnc2SCC(=O)O)s1. The number of hydrogen-bond donors (Lipinski definition) is 1. The monoisotopic (exact) mass is 269 g/mol. The fourth-order valence-corrected chi connectivity index (χ4v) is 2.85. The van der Waals surface area contributed by atoms with E-state index in [0.29, 0.717) is 11.7 Å². The van der Waals surface area contributed by atoms with Crippen LogP contribution >= 0.6 is 23.1 Å². The maximum absolute atomic E-state index is 10.5. The minimum absolute atomic E-state index is 0.00214. The van der Waals surface area contributed by atoms with Crippen molar-refractivity contribution in [2.75, 3.05) is 5.75 Å². The minimum Gasteiger partial charge on any atom is -0.481 e. The molecule has 2 rings (SSSR count). The lowest BCUT2D eigenvalue weighted by Gasteiger charge is -2.02. The minimum atomic E-state index is -0.850. The van der Waals surface area contributed by atoms with Gasteiger partial charge in [-0.2, -0.15) is 0 Å². The van der Waals surface area contributed by atoms with Gasteiger partial charge in [-0.1, -0.05) is 11.8 Å². The Morgan fingerprint density at radius 1 is 1.59 bits per heavy atom. The molecule has 0 aliphatic rings. The first-order valence-electron chi connectivity index (χ1n) is 4.93. The third kappa shape index (κ3) is 3.31. The van der Waals surface area contributed by atoms with E-state index in [9.17, 15) is 4.79 Å². The lowest BCUT2D eigenvalue weighted by Crippen LogP contribution is -2.02. The predicted octanol–water partition coefficient (Wildman–Crippen LogP) is 1.87. The highest BCUT2D eigenvalue weighted by molar-refractivity contribution is 7.99. The third-order valence-corrected chi connectivity index (χ3v) is 3.98. The van der Waals surface area contributed by atoms with Crippen LogP contribution in [0.3, 0.4) is 0 Å². The van der Waals surface area contributed by atoms with Crippen molar-refractivity contribution in [3.8, 4) is 0 Å². The van der Waals surface area contributed by atoms with Crippen LogP contribution in [0.1, 0.15) is 9.75 Å². The molecule has 0 radical (unpaired) electrons. The van der Waals surface area contributed by atoms with E-state index >= 15 is 0 Å². The number of nitrogens with zero attached hydrogens (tertiary/aromatic N) is 3. The van der Waals surface area contributed by atoms with Gasteiger partial charge in [-0.25, -0.2) is 0 Å². The zero-order valence-corrected chi connectivity index (χ0v) is 10.8. The summed E-state index contributed by atoms with van der Waals surface area (Å²) >= 11 is 2.90. The van der Waals surface area contributed by atoms with Crippen molar-refractivity contribution < 1.29 is 9.90 Å². The van der Waals surface area contributed by atoms with E-state index in [1.165, 1.54) is 21.5 Å². The third-order valence-electron chi connectivity index (χ3n) is 2.03. The molecule has 0 unspecified atom stereocenters. The largest absolute Gasteiger partial charge is 0.481 e. The highest BCUT2D eigenvalue weighted by Crippen LogP contribution is 2.20. The van der Waals surface area contributed by atoms with E-state index in [-0.39, 0.29) is 5.75 Å². The Morgan fingerprint density at radius 3 is 3.06 bits per heavy atom. The summed E-state index contributed by atoms with van der Waals surface area (Å²) in [4.78, 5) is 13.0. The summed E-state index contributed by atoms with van der Waals surface area (Å²) in [6, 6.07) is 4.13. The van der Waals surface area contributed by atoms with Crippen molar-refractivity contribution in [2.24, 2.45) is 0 Å². The van der Waals surface area contributed by atoms with E-state index in [1.54, 1.807) is 17.7 Å². The Labute approximate surface area is 106 Å². The number of aryl methyl sites for hydroxylation is 1. The van der Waals surface area contributed by atoms with Gasteiger partial charge in [0, 0.05) is 9.75 Å². The number of thioether (sulfide) groups is 1. The molecule has 0 aliphatic heterocycles. The zero-order chi connectivity index (χ0) is 12.3. The molecule has 7 heteroatoms. The molecule has 2 heterocycles. The van der Waals surface area contributed by atoms with E-state index in [0.717, 1.165) is 0 Å². The second-order valence-electron chi connectivity index (χ2n) is 3.44. The first-order chi connectivity index (χ1) is 8.15. The molecule has 2 aromatic heterocycles. The van der Waals surface area contributed by atoms with Crippen LogP contribution in [0.2, 0.25) is 0 Å². The fraction of sp³-hybridized carbons (Fsp3) is 0.300. The van der Waals surface area contributed by atoms with Crippen LogP contribution in [0, 0.1) is 6.92 Å². The molecule has 17 heavy (non-hydrogen) atoms. The van der Waals surface area contributed by atoms with Crippen LogP contribution in [0.5, 0.6) is 0 Å². The van der Waals surface area contributed by atoms with Gasteiger partial charge in [-0.3, -0.25) is 4.79 Å². The molecule has 2 aromatic rings. The van der Waals surface area contributed by atoms with Crippen molar-refractivity contribution in [2.45, 2.75) is 18.6 Å². The van der Waals surface area contributed by atoms with Crippen molar-refractivity contribution in [3.05, 3.63) is 28.2 Å². The van der Waals surface area contributed by atoms with Gasteiger partial charge in [0.1, 0.15) is 6.33 Å². The molecule has 5 nitrogen and oxygen atoms in total. The summed E-state index contributed by atoms with van der Waals surface area (Å²) in [5.74, 6) is -0.848. The zero-order valence-electron chi connectivity index (χ0n) is 9.16. The molecule has 0 atom stereocenters. The van der Waals surface area contributed by atoms with Crippen LogP contribution in [-0.4, -0.2) is 31.6 Å². The van der Waals surface area contributed by atoms with Crippen LogP contribution in [0.15, 0.2) is 23.6 Å². The Morgan fingerprint density at radius 2 is 2.41 bits per heavy atom. The standard InChI is InChI=1S/C10H11N3O2S2/c1-7-2-3-8(17-7)4-13-6-11-12-10(13)16-5-9(14)15/h2-3,6H,4-5H2,1H3,(H,14,15). The normalized spacial score (nSPS) is 10.6. The Kier molecular flexibility index (Phi) is 3.80. The number of hydrogen-bond acceptors (Lipinski definition) is 5.